The Morgan fingerprint density at radius 2 is 2.05 bits per heavy atom. The number of benzene rings is 1. The van der Waals surface area contributed by atoms with Crippen molar-refractivity contribution in [1.82, 2.24) is 24.3 Å². The summed E-state index contributed by atoms with van der Waals surface area (Å²) >= 11 is 1.33. The smallest absolute Gasteiger partial charge is 0.268 e. The van der Waals surface area contributed by atoms with Crippen molar-refractivity contribution in [3.05, 3.63) is 66.0 Å². The molecule has 2 saturated heterocycles. The van der Waals surface area contributed by atoms with Crippen LogP contribution in [-0.2, 0) is 22.6 Å². The highest BCUT2D eigenvalue weighted by Gasteiger charge is 2.30. The van der Waals surface area contributed by atoms with Crippen molar-refractivity contribution in [3.63, 3.8) is 0 Å². The SMILES string of the molecule is C=CC(=O)N1CCCC1Cn1c(NC(=O)c2ccc(-c3cnco3)s2)nc2cc(CN3CCCC3COC)ccc21. The van der Waals surface area contributed by atoms with Crippen molar-refractivity contribution in [2.24, 2.45) is 0 Å². The Hall–Kier alpha value is -3.80. The van der Waals surface area contributed by atoms with Crippen molar-refractivity contribution >= 4 is 40.1 Å². The van der Waals surface area contributed by atoms with Crippen molar-refractivity contribution in [2.75, 3.05) is 32.1 Å². The summed E-state index contributed by atoms with van der Waals surface area (Å²) in [5.74, 6) is 0.767. The number of likely N-dealkylation sites (tertiary alicyclic amines) is 2. The van der Waals surface area contributed by atoms with Gasteiger partial charge in [-0.05, 0) is 68.1 Å². The van der Waals surface area contributed by atoms with E-state index in [0.717, 1.165) is 54.9 Å². The number of fused-ring (bicyclic) bond motifs is 1. The van der Waals surface area contributed by atoms with E-state index >= 15 is 0 Å². The summed E-state index contributed by atoms with van der Waals surface area (Å²) < 4.78 is 12.9. The highest BCUT2D eigenvalue weighted by molar-refractivity contribution is 7.17. The summed E-state index contributed by atoms with van der Waals surface area (Å²) in [7, 11) is 1.75. The average Bonchev–Trinajstić information content (AvgIpc) is 3.81. The first-order valence-corrected chi connectivity index (χ1v) is 14.8. The van der Waals surface area contributed by atoms with E-state index in [1.807, 2.05) is 15.5 Å². The Morgan fingerprint density at radius 1 is 1.20 bits per heavy atom. The molecule has 2 aliphatic rings. The number of thiophene rings is 1. The van der Waals surface area contributed by atoms with E-state index in [9.17, 15) is 9.59 Å². The number of hydrogen-bond donors (Lipinski definition) is 1. The second-order valence-corrected chi connectivity index (χ2v) is 11.7. The van der Waals surface area contributed by atoms with Gasteiger partial charge < -0.3 is 18.6 Å². The zero-order valence-corrected chi connectivity index (χ0v) is 23.9. The van der Waals surface area contributed by atoms with Crippen LogP contribution in [0.4, 0.5) is 5.95 Å². The Balaban J connectivity index is 1.30. The summed E-state index contributed by atoms with van der Waals surface area (Å²) in [6.07, 6.45) is 8.49. The lowest BCUT2D eigenvalue weighted by atomic mass is 10.1. The Labute approximate surface area is 242 Å². The molecule has 4 aromatic rings. The number of imidazole rings is 1. The number of aromatic nitrogens is 3. The molecule has 41 heavy (non-hydrogen) atoms. The van der Waals surface area contributed by atoms with E-state index in [4.69, 9.17) is 14.1 Å². The number of anilines is 1. The lowest BCUT2D eigenvalue weighted by Crippen LogP contribution is -2.37. The van der Waals surface area contributed by atoms with Crippen LogP contribution in [0.1, 0.15) is 40.9 Å². The predicted molar refractivity (Wildman–Crippen MR) is 158 cm³/mol. The first kappa shape index (κ1) is 27.4. The molecule has 2 amide bonds. The van der Waals surface area contributed by atoms with Gasteiger partial charge in [-0.25, -0.2) is 9.97 Å². The molecule has 0 saturated carbocycles. The molecule has 2 atom stereocenters. The first-order chi connectivity index (χ1) is 20.0. The molecule has 0 radical (unpaired) electrons. The summed E-state index contributed by atoms with van der Waals surface area (Å²) in [5.41, 5.74) is 2.90. The van der Waals surface area contributed by atoms with Crippen LogP contribution in [0, 0.1) is 0 Å². The minimum absolute atomic E-state index is 0.00702. The molecular formula is C30H34N6O4S. The van der Waals surface area contributed by atoms with Crippen LogP contribution in [0.5, 0.6) is 0 Å². The zero-order valence-electron chi connectivity index (χ0n) is 23.1. The molecule has 2 aliphatic heterocycles. The van der Waals surface area contributed by atoms with Gasteiger partial charge in [-0.2, -0.15) is 0 Å². The number of hydrogen-bond acceptors (Lipinski definition) is 8. The van der Waals surface area contributed by atoms with Gasteiger partial charge in [0.15, 0.2) is 12.2 Å². The van der Waals surface area contributed by atoms with Crippen LogP contribution in [0.15, 0.2) is 60.0 Å². The number of amides is 2. The maximum absolute atomic E-state index is 13.4. The molecule has 2 unspecified atom stereocenters. The van der Waals surface area contributed by atoms with E-state index in [0.29, 0.717) is 35.7 Å². The normalized spacial score (nSPS) is 19.3. The summed E-state index contributed by atoms with van der Waals surface area (Å²) in [4.78, 5) is 40.5. The quantitative estimate of drug-likeness (QED) is 0.272. The number of carbonyl (C=O) groups excluding carboxylic acids is 2. The monoisotopic (exact) mass is 574 g/mol. The number of methoxy groups -OCH3 is 1. The average molecular weight is 575 g/mol. The fourth-order valence-electron chi connectivity index (χ4n) is 6.01. The standard InChI is InChI=1S/C30H34N6O4S/c1-3-28(37)35-13-5-6-21(35)17-36-24-9-8-20(16-34-12-4-7-22(34)18-39-2)14-23(24)32-30(36)33-29(38)27-11-10-26(41-27)25-15-31-19-40-25/h3,8-11,14-15,19,21-22H,1,4-7,12-13,16-18H2,2H3,(H,32,33,38). The molecule has 11 heteroatoms. The molecule has 2 fully saturated rings. The second-order valence-electron chi connectivity index (χ2n) is 10.6. The lowest BCUT2D eigenvalue weighted by Gasteiger charge is -2.25. The molecule has 1 aromatic carbocycles. The number of ether oxygens (including phenoxy) is 1. The van der Waals surface area contributed by atoms with Gasteiger partial charge in [-0.3, -0.25) is 19.8 Å². The van der Waals surface area contributed by atoms with Crippen LogP contribution in [-0.4, -0.2) is 75.0 Å². The molecular weight excluding hydrogens is 540 g/mol. The third-order valence-electron chi connectivity index (χ3n) is 8.01. The Bertz CT molecular complexity index is 1540. The van der Waals surface area contributed by atoms with E-state index in [-0.39, 0.29) is 17.9 Å². The van der Waals surface area contributed by atoms with Gasteiger partial charge in [0.25, 0.3) is 5.91 Å². The highest BCUT2D eigenvalue weighted by atomic mass is 32.1. The van der Waals surface area contributed by atoms with Crippen molar-refractivity contribution in [3.8, 4) is 10.6 Å². The maximum atomic E-state index is 13.4. The van der Waals surface area contributed by atoms with Crippen molar-refractivity contribution in [2.45, 2.75) is 50.9 Å². The maximum Gasteiger partial charge on any atom is 0.268 e. The summed E-state index contributed by atoms with van der Waals surface area (Å²) in [5, 5.41) is 3.05. The van der Waals surface area contributed by atoms with E-state index in [1.54, 1.807) is 19.4 Å². The molecule has 10 nitrogen and oxygen atoms in total. The van der Waals surface area contributed by atoms with Gasteiger partial charge in [0.2, 0.25) is 11.9 Å². The molecule has 1 N–H and O–H groups in total. The van der Waals surface area contributed by atoms with Gasteiger partial charge in [-0.1, -0.05) is 12.6 Å². The molecule has 214 valence electrons. The predicted octanol–water partition coefficient (Wildman–Crippen LogP) is 4.79. The second kappa shape index (κ2) is 12.0. The van der Waals surface area contributed by atoms with Crippen LogP contribution in [0.3, 0.4) is 0 Å². The third-order valence-corrected chi connectivity index (χ3v) is 9.11. The number of carbonyl (C=O) groups is 2. The van der Waals surface area contributed by atoms with Gasteiger partial charge in [0, 0.05) is 32.8 Å². The lowest BCUT2D eigenvalue weighted by molar-refractivity contribution is -0.126. The fourth-order valence-corrected chi connectivity index (χ4v) is 6.86. The summed E-state index contributed by atoms with van der Waals surface area (Å²) in [6.45, 7) is 7.51. The molecule has 0 aliphatic carbocycles. The van der Waals surface area contributed by atoms with Crippen LogP contribution < -0.4 is 5.32 Å². The molecule has 5 heterocycles. The van der Waals surface area contributed by atoms with Crippen LogP contribution >= 0.6 is 11.3 Å². The highest BCUT2D eigenvalue weighted by Crippen LogP contribution is 2.30. The van der Waals surface area contributed by atoms with E-state index in [1.165, 1.54) is 35.8 Å². The minimum Gasteiger partial charge on any atom is -0.443 e. The molecule has 0 spiro atoms. The minimum atomic E-state index is -0.248. The van der Waals surface area contributed by atoms with Gasteiger partial charge in [0.05, 0.1) is 39.6 Å². The van der Waals surface area contributed by atoms with Gasteiger partial charge in [0.1, 0.15) is 0 Å². The molecule has 0 bridgehead atoms. The number of oxazole rings is 1. The number of rotatable bonds is 10. The Morgan fingerprint density at radius 3 is 2.85 bits per heavy atom. The largest absolute Gasteiger partial charge is 0.443 e. The van der Waals surface area contributed by atoms with Crippen molar-refractivity contribution in [1.29, 1.82) is 0 Å². The molecule has 3 aromatic heterocycles. The Kier molecular flexibility index (Phi) is 8.00. The summed E-state index contributed by atoms with van der Waals surface area (Å²) in [6, 6.07) is 10.4. The molecule has 6 rings (SSSR count). The third kappa shape index (κ3) is 5.70. The van der Waals surface area contributed by atoms with Gasteiger partial charge >= 0.3 is 0 Å². The van der Waals surface area contributed by atoms with E-state index in [2.05, 4.69) is 40.0 Å². The number of nitrogens with one attached hydrogen (secondary N) is 1. The van der Waals surface area contributed by atoms with Crippen molar-refractivity contribution < 1.29 is 18.7 Å². The fraction of sp³-hybridized carbons (Fsp3) is 0.400. The first-order valence-electron chi connectivity index (χ1n) is 14.0. The zero-order chi connectivity index (χ0) is 28.3. The van der Waals surface area contributed by atoms with Gasteiger partial charge in [-0.15, -0.1) is 11.3 Å². The van der Waals surface area contributed by atoms with Crippen LogP contribution in [0.2, 0.25) is 0 Å². The topological polar surface area (TPSA) is 106 Å². The van der Waals surface area contributed by atoms with Crippen LogP contribution in [0.25, 0.3) is 21.7 Å². The number of nitrogens with zero attached hydrogens (tertiary/aromatic N) is 5. The van der Waals surface area contributed by atoms with E-state index < -0.39 is 0 Å².